The minimum Gasteiger partial charge on any atom is -0.274 e. The lowest BCUT2D eigenvalue weighted by atomic mass is 10.1. The number of nitrogens with one attached hydrogen (secondary N) is 1. The fraction of sp³-hybridized carbons (Fsp3) is 0.714. The lowest BCUT2D eigenvalue weighted by Gasteiger charge is -2.02. The molecule has 0 aromatic heterocycles. The molecule has 3 heteroatoms. The predicted octanol–water partition coefficient (Wildman–Crippen LogP) is 0.774. The molecule has 1 aliphatic carbocycles. The number of carbonyl (C=O) groups excluding carboxylic acids is 1. The smallest absolute Gasteiger partial charge is 0.236 e. The molecule has 3 nitrogen and oxygen atoms in total. The second kappa shape index (κ2) is 3.21. The molecule has 0 aromatic carbocycles. The van der Waals surface area contributed by atoms with Gasteiger partial charge in [0.15, 0.2) is 6.19 Å². The van der Waals surface area contributed by atoms with E-state index in [1.54, 1.807) is 6.19 Å². The second-order valence-electron chi connectivity index (χ2n) is 2.58. The number of hydrogen-bond acceptors (Lipinski definition) is 2. The highest BCUT2D eigenvalue weighted by molar-refractivity contribution is 5.80. The Hall–Kier alpha value is -1.04. The van der Waals surface area contributed by atoms with Crippen molar-refractivity contribution in [2.24, 2.45) is 5.92 Å². The normalized spacial score (nSPS) is 18.3. The van der Waals surface area contributed by atoms with Gasteiger partial charge in [-0.05, 0) is 12.8 Å². The minimum atomic E-state index is -0.0972. The number of amides is 1. The van der Waals surface area contributed by atoms with Crippen LogP contribution in [0.3, 0.4) is 0 Å². The molecular formula is C7H10N2O. The third-order valence-corrected chi connectivity index (χ3v) is 1.91. The maximum atomic E-state index is 10.9. The summed E-state index contributed by atoms with van der Waals surface area (Å²) in [5.41, 5.74) is 0. The second-order valence-corrected chi connectivity index (χ2v) is 2.58. The van der Waals surface area contributed by atoms with E-state index in [1.807, 2.05) is 0 Å². The summed E-state index contributed by atoms with van der Waals surface area (Å²) in [4.78, 5) is 10.9. The average Bonchev–Trinajstić information content (AvgIpc) is 2.38. The van der Waals surface area contributed by atoms with Crippen molar-refractivity contribution in [3.05, 3.63) is 0 Å². The molecule has 0 unspecified atom stereocenters. The number of carbonyl (C=O) groups is 1. The molecule has 0 heterocycles. The molecule has 1 N–H and O–H groups in total. The number of rotatable bonds is 1. The Labute approximate surface area is 60.0 Å². The summed E-state index contributed by atoms with van der Waals surface area (Å²) in [6.07, 6.45) is 5.81. The van der Waals surface area contributed by atoms with Crippen LogP contribution in [0.2, 0.25) is 0 Å². The van der Waals surface area contributed by atoms with E-state index in [0.717, 1.165) is 25.7 Å². The van der Waals surface area contributed by atoms with Crippen LogP contribution in [0, 0.1) is 17.4 Å². The fourth-order valence-corrected chi connectivity index (χ4v) is 1.35. The zero-order valence-electron chi connectivity index (χ0n) is 5.76. The first-order chi connectivity index (χ1) is 4.84. The van der Waals surface area contributed by atoms with E-state index >= 15 is 0 Å². The standard InChI is InChI=1S/C7H10N2O/c8-5-9-7(10)6-3-1-2-4-6/h6H,1-4H2,(H,9,10). The average molecular weight is 138 g/mol. The van der Waals surface area contributed by atoms with E-state index in [4.69, 9.17) is 5.26 Å². The SMILES string of the molecule is N#CNC(=O)C1CCCC1. The van der Waals surface area contributed by atoms with Gasteiger partial charge in [0.2, 0.25) is 5.91 Å². The van der Waals surface area contributed by atoms with Gasteiger partial charge in [0.05, 0.1) is 0 Å². The lowest BCUT2D eigenvalue weighted by Crippen LogP contribution is -2.24. The van der Waals surface area contributed by atoms with E-state index in [9.17, 15) is 4.79 Å². The third-order valence-electron chi connectivity index (χ3n) is 1.91. The number of hydrogen-bond donors (Lipinski definition) is 1. The van der Waals surface area contributed by atoms with Gasteiger partial charge in [0.25, 0.3) is 0 Å². The van der Waals surface area contributed by atoms with Gasteiger partial charge in [0.1, 0.15) is 0 Å². The molecule has 54 valence electrons. The first-order valence-electron chi connectivity index (χ1n) is 3.53. The van der Waals surface area contributed by atoms with Crippen molar-refractivity contribution in [1.29, 1.82) is 5.26 Å². The maximum absolute atomic E-state index is 10.9. The van der Waals surface area contributed by atoms with Gasteiger partial charge >= 0.3 is 0 Å². The molecule has 0 spiro atoms. The zero-order chi connectivity index (χ0) is 7.40. The number of nitriles is 1. The van der Waals surface area contributed by atoms with Crippen LogP contribution >= 0.6 is 0 Å². The Morgan fingerprint density at radius 3 is 2.60 bits per heavy atom. The van der Waals surface area contributed by atoms with Crippen molar-refractivity contribution < 1.29 is 4.79 Å². The molecular weight excluding hydrogens is 128 g/mol. The third kappa shape index (κ3) is 1.47. The van der Waals surface area contributed by atoms with Crippen LogP contribution in [0.4, 0.5) is 0 Å². The summed E-state index contributed by atoms with van der Waals surface area (Å²) in [6.45, 7) is 0. The van der Waals surface area contributed by atoms with Crippen molar-refractivity contribution in [1.82, 2.24) is 5.32 Å². The van der Waals surface area contributed by atoms with Crippen LogP contribution in [-0.4, -0.2) is 5.91 Å². The maximum Gasteiger partial charge on any atom is 0.236 e. The van der Waals surface area contributed by atoms with Crippen molar-refractivity contribution in [3.8, 4) is 6.19 Å². The summed E-state index contributed by atoms with van der Waals surface area (Å²) in [5, 5.41) is 10.3. The molecule has 0 saturated heterocycles. The van der Waals surface area contributed by atoms with E-state index in [-0.39, 0.29) is 11.8 Å². The summed E-state index contributed by atoms with van der Waals surface area (Å²) in [7, 11) is 0. The molecule has 0 bridgehead atoms. The highest BCUT2D eigenvalue weighted by Crippen LogP contribution is 2.24. The Bertz CT molecular complexity index is 165. The first kappa shape index (κ1) is 7.07. The Balaban J connectivity index is 2.34. The number of nitrogens with zero attached hydrogens (tertiary/aromatic N) is 1. The van der Waals surface area contributed by atoms with E-state index in [1.165, 1.54) is 0 Å². The molecule has 0 aromatic rings. The molecule has 1 fully saturated rings. The Morgan fingerprint density at radius 1 is 1.50 bits per heavy atom. The molecule has 1 rings (SSSR count). The summed E-state index contributed by atoms with van der Waals surface area (Å²) in [6, 6.07) is 0. The van der Waals surface area contributed by atoms with Gasteiger partial charge in [-0.15, -0.1) is 0 Å². The van der Waals surface area contributed by atoms with Gasteiger partial charge in [-0.1, -0.05) is 12.8 Å². The van der Waals surface area contributed by atoms with Crippen LogP contribution in [-0.2, 0) is 4.79 Å². The molecule has 1 aliphatic rings. The largest absolute Gasteiger partial charge is 0.274 e. The highest BCUT2D eigenvalue weighted by atomic mass is 16.1. The minimum absolute atomic E-state index is 0.0972. The summed E-state index contributed by atoms with van der Waals surface area (Å²) < 4.78 is 0. The Kier molecular flexibility index (Phi) is 2.27. The topological polar surface area (TPSA) is 52.9 Å². The van der Waals surface area contributed by atoms with Crippen molar-refractivity contribution >= 4 is 5.91 Å². The van der Waals surface area contributed by atoms with Crippen LogP contribution in [0.15, 0.2) is 0 Å². The Morgan fingerprint density at radius 2 is 2.10 bits per heavy atom. The van der Waals surface area contributed by atoms with Crippen LogP contribution < -0.4 is 5.32 Å². The van der Waals surface area contributed by atoms with Crippen molar-refractivity contribution in [2.75, 3.05) is 0 Å². The molecule has 0 radical (unpaired) electrons. The van der Waals surface area contributed by atoms with Gasteiger partial charge in [-0.3, -0.25) is 10.1 Å². The quantitative estimate of drug-likeness (QED) is 0.430. The van der Waals surface area contributed by atoms with E-state index in [0.29, 0.717) is 0 Å². The molecule has 1 amide bonds. The van der Waals surface area contributed by atoms with Gasteiger partial charge in [-0.25, -0.2) is 0 Å². The van der Waals surface area contributed by atoms with Crippen molar-refractivity contribution in [3.63, 3.8) is 0 Å². The molecule has 0 aliphatic heterocycles. The highest BCUT2D eigenvalue weighted by Gasteiger charge is 2.21. The summed E-state index contributed by atoms with van der Waals surface area (Å²) in [5.74, 6) is 0.0136. The molecule has 10 heavy (non-hydrogen) atoms. The van der Waals surface area contributed by atoms with Gasteiger partial charge in [0, 0.05) is 5.92 Å². The fourth-order valence-electron chi connectivity index (χ4n) is 1.35. The van der Waals surface area contributed by atoms with Crippen molar-refractivity contribution in [2.45, 2.75) is 25.7 Å². The lowest BCUT2D eigenvalue weighted by molar-refractivity contribution is -0.123. The van der Waals surface area contributed by atoms with Crippen LogP contribution in [0.5, 0.6) is 0 Å². The predicted molar refractivity (Wildman–Crippen MR) is 35.7 cm³/mol. The zero-order valence-corrected chi connectivity index (χ0v) is 5.76. The molecule has 1 saturated carbocycles. The summed E-state index contributed by atoms with van der Waals surface area (Å²) >= 11 is 0. The van der Waals surface area contributed by atoms with Gasteiger partial charge in [-0.2, -0.15) is 5.26 Å². The van der Waals surface area contributed by atoms with Gasteiger partial charge < -0.3 is 0 Å². The molecule has 0 atom stereocenters. The van der Waals surface area contributed by atoms with Crippen LogP contribution in [0.25, 0.3) is 0 Å². The first-order valence-corrected chi connectivity index (χ1v) is 3.53. The van der Waals surface area contributed by atoms with E-state index < -0.39 is 0 Å². The van der Waals surface area contributed by atoms with Crippen LogP contribution in [0.1, 0.15) is 25.7 Å². The van der Waals surface area contributed by atoms with E-state index in [2.05, 4.69) is 5.32 Å². The monoisotopic (exact) mass is 138 g/mol.